The van der Waals surface area contributed by atoms with Crippen LogP contribution in [0.4, 0.5) is 5.82 Å². The molecule has 0 aliphatic heterocycles. The second-order valence-corrected chi connectivity index (χ2v) is 5.71. The van der Waals surface area contributed by atoms with Gasteiger partial charge in [-0.25, -0.2) is 9.97 Å². The highest BCUT2D eigenvalue weighted by molar-refractivity contribution is 9.10. The molecule has 1 saturated carbocycles. The summed E-state index contributed by atoms with van der Waals surface area (Å²) in [5.74, 6) is 2.85. The summed E-state index contributed by atoms with van der Waals surface area (Å²) in [6.07, 6.45) is 6.18. The van der Waals surface area contributed by atoms with Crippen molar-refractivity contribution in [1.82, 2.24) is 9.97 Å². The minimum absolute atomic E-state index is 0.864. The second kappa shape index (κ2) is 5.80. The van der Waals surface area contributed by atoms with Gasteiger partial charge in [0.05, 0.1) is 0 Å². The Morgan fingerprint density at radius 2 is 2.18 bits per heavy atom. The molecule has 0 bridgehead atoms. The lowest BCUT2D eigenvalue weighted by atomic mass is 9.85. The average molecular weight is 298 g/mol. The molecule has 1 aliphatic rings. The molecule has 0 N–H and O–H groups in total. The number of halogens is 1. The fourth-order valence-electron chi connectivity index (χ4n) is 2.14. The monoisotopic (exact) mass is 297 g/mol. The highest BCUT2D eigenvalue weighted by atomic mass is 79.9. The van der Waals surface area contributed by atoms with Gasteiger partial charge in [0.15, 0.2) is 0 Å². The maximum absolute atomic E-state index is 4.62. The number of hydrogen-bond acceptors (Lipinski definition) is 3. The molecule has 0 atom stereocenters. The van der Waals surface area contributed by atoms with E-state index < -0.39 is 0 Å². The van der Waals surface area contributed by atoms with Crippen molar-refractivity contribution < 1.29 is 0 Å². The molecular weight excluding hydrogens is 278 g/mol. The van der Waals surface area contributed by atoms with Crippen molar-refractivity contribution in [2.45, 2.75) is 39.0 Å². The van der Waals surface area contributed by atoms with Gasteiger partial charge in [0, 0.05) is 26.1 Å². The van der Waals surface area contributed by atoms with E-state index in [4.69, 9.17) is 0 Å². The lowest BCUT2D eigenvalue weighted by Gasteiger charge is -2.30. The molecule has 0 spiro atoms. The lowest BCUT2D eigenvalue weighted by molar-refractivity contribution is 0.321. The zero-order valence-electron chi connectivity index (χ0n) is 10.6. The van der Waals surface area contributed by atoms with Crippen LogP contribution in [0.5, 0.6) is 0 Å². The van der Waals surface area contributed by atoms with Crippen LogP contribution in [0.2, 0.25) is 0 Å². The summed E-state index contributed by atoms with van der Waals surface area (Å²) in [5, 5.41) is 0. The van der Waals surface area contributed by atoms with E-state index in [1.54, 1.807) is 0 Å². The van der Waals surface area contributed by atoms with Crippen molar-refractivity contribution >= 4 is 21.7 Å². The number of aryl methyl sites for hydroxylation is 1. The minimum atomic E-state index is 0.864. The molecule has 1 aliphatic carbocycles. The van der Waals surface area contributed by atoms with E-state index in [-0.39, 0.29) is 0 Å². The van der Waals surface area contributed by atoms with E-state index in [0.29, 0.717) is 0 Å². The van der Waals surface area contributed by atoms with Gasteiger partial charge in [-0.15, -0.1) is 0 Å². The molecule has 0 unspecified atom stereocenters. The zero-order valence-corrected chi connectivity index (χ0v) is 12.2. The van der Waals surface area contributed by atoms with Gasteiger partial charge in [-0.05, 0) is 41.1 Å². The van der Waals surface area contributed by atoms with Crippen LogP contribution in [0.25, 0.3) is 0 Å². The first-order valence-electron chi connectivity index (χ1n) is 6.43. The fraction of sp³-hybridized carbons (Fsp3) is 0.692. The standard InChI is InChI=1S/C13H20BrN3/c1-3-5-12-15-11(14)8-13(16-12)17(2)9-10-6-4-7-10/h8,10H,3-7,9H2,1-2H3. The Morgan fingerprint density at radius 3 is 2.76 bits per heavy atom. The molecule has 1 aromatic heterocycles. The van der Waals surface area contributed by atoms with Crippen molar-refractivity contribution in [1.29, 1.82) is 0 Å². The van der Waals surface area contributed by atoms with E-state index >= 15 is 0 Å². The Hall–Kier alpha value is -0.640. The Morgan fingerprint density at radius 1 is 1.41 bits per heavy atom. The van der Waals surface area contributed by atoms with Crippen molar-refractivity contribution in [2.75, 3.05) is 18.5 Å². The molecule has 1 heterocycles. The maximum atomic E-state index is 4.62. The number of anilines is 1. The third-order valence-corrected chi connectivity index (χ3v) is 3.76. The highest BCUT2D eigenvalue weighted by Crippen LogP contribution is 2.28. The summed E-state index contributed by atoms with van der Waals surface area (Å²) in [5.41, 5.74) is 0. The highest BCUT2D eigenvalue weighted by Gasteiger charge is 2.20. The van der Waals surface area contributed by atoms with Gasteiger partial charge in [0.1, 0.15) is 16.2 Å². The molecule has 1 aromatic rings. The van der Waals surface area contributed by atoms with Gasteiger partial charge in [0.25, 0.3) is 0 Å². The summed E-state index contributed by atoms with van der Waals surface area (Å²) in [4.78, 5) is 11.3. The first-order chi connectivity index (χ1) is 8.19. The molecule has 17 heavy (non-hydrogen) atoms. The van der Waals surface area contributed by atoms with Crippen LogP contribution < -0.4 is 4.90 Å². The number of hydrogen-bond donors (Lipinski definition) is 0. The summed E-state index contributed by atoms with van der Waals surface area (Å²) in [7, 11) is 2.13. The second-order valence-electron chi connectivity index (χ2n) is 4.89. The minimum Gasteiger partial charge on any atom is -0.359 e. The van der Waals surface area contributed by atoms with E-state index in [2.05, 4.69) is 44.8 Å². The topological polar surface area (TPSA) is 29.0 Å². The maximum Gasteiger partial charge on any atom is 0.133 e. The summed E-state index contributed by atoms with van der Waals surface area (Å²) in [6, 6.07) is 2.01. The zero-order chi connectivity index (χ0) is 12.3. The third-order valence-electron chi connectivity index (χ3n) is 3.35. The normalized spacial score (nSPS) is 15.7. The van der Waals surface area contributed by atoms with Crippen LogP contribution in [0.15, 0.2) is 10.7 Å². The van der Waals surface area contributed by atoms with E-state index in [0.717, 1.165) is 41.5 Å². The summed E-state index contributed by atoms with van der Waals surface area (Å²) >= 11 is 3.47. The predicted octanol–water partition coefficient (Wildman–Crippen LogP) is 3.43. The molecule has 3 nitrogen and oxygen atoms in total. The Bertz CT molecular complexity index is 377. The lowest BCUT2D eigenvalue weighted by Crippen LogP contribution is -2.30. The molecule has 0 aromatic carbocycles. The molecule has 0 amide bonds. The van der Waals surface area contributed by atoms with Crippen molar-refractivity contribution in [3.63, 3.8) is 0 Å². The predicted molar refractivity (Wildman–Crippen MR) is 74.3 cm³/mol. The fourth-order valence-corrected chi connectivity index (χ4v) is 2.55. The Labute approximate surface area is 112 Å². The quantitative estimate of drug-likeness (QED) is 0.780. The Balaban J connectivity index is 2.06. The van der Waals surface area contributed by atoms with Gasteiger partial charge in [0.2, 0.25) is 0 Å². The number of rotatable bonds is 5. The molecular formula is C13H20BrN3. The van der Waals surface area contributed by atoms with E-state index in [9.17, 15) is 0 Å². The van der Waals surface area contributed by atoms with Crippen LogP contribution in [0.3, 0.4) is 0 Å². The van der Waals surface area contributed by atoms with E-state index in [1.165, 1.54) is 19.3 Å². The van der Waals surface area contributed by atoms with Gasteiger partial charge in [-0.2, -0.15) is 0 Å². The SMILES string of the molecule is CCCc1nc(Br)cc(N(C)CC2CCC2)n1. The molecule has 94 valence electrons. The van der Waals surface area contributed by atoms with E-state index in [1.807, 2.05) is 6.07 Å². The first-order valence-corrected chi connectivity index (χ1v) is 7.23. The van der Waals surface area contributed by atoms with Crippen molar-refractivity contribution in [3.05, 3.63) is 16.5 Å². The van der Waals surface area contributed by atoms with Gasteiger partial charge in [-0.3, -0.25) is 0 Å². The molecule has 1 fully saturated rings. The van der Waals surface area contributed by atoms with Gasteiger partial charge < -0.3 is 4.90 Å². The first kappa shape index (κ1) is 12.8. The molecule has 4 heteroatoms. The van der Waals surface area contributed by atoms with Gasteiger partial charge in [-0.1, -0.05) is 13.3 Å². The molecule has 0 radical (unpaired) electrons. The smallest absolute Gasteiger partial charge is 0.133 e. The van der Waals surface area contributed by atoms with Crippen LogP contribution in [0.1, 0.15) is 38.4 Å². The molecule has 2 rings (SSSR count). The van der Waals surface area contributed by atoms with Crippen LogP contribution >= 0.6 is 15.9 Å². The van der Waals surface area contributed by atoms with Gasteiger partial charge >= 0.3 is 0 Å². The average Bonchev–Trinajstić information content (AvgIpc) is 2.23. The number of aromatic nitrogens is 2. The summed E-state index contributed by atoms with van der Waals surface area (Å²) < 4.78 is 0.895. The summed E-state index contributed by atoms with van der Waals surface area (Å²) in [6.45, 7) is 3.27. The Kier molecular flexibility index (Phi) is 4.37. The van der Waals surface area contributed by atoms with Crippen LogP contribution in [-0.2, 0) is 6.42 Å². The molecule has 0 saturated heterocycles. The van der Waals surface area contributed by atoms with Crippen LogP contribution in [-0.4, -0.2) is 23.6 Å². The van der Waals surface area contributed by atoms with Crippen molar-refractivity contribution in [2.24, 2.45) is 5.92 Å². The van der Waals surface area contributed by atoms with Crippen LogP contribution in [0, 0.1) is 5.92 Å². The number of nitrogens with zero attached hydrogens (tertiary/aromatic N) is 3. The largest absolute Gasteiger partial charge is 0.359 e. The van der Waals surface area contributed by atoms with Crippen molar-refractivity contribution in [3.8, 4) is 0 Å². The third kappa shape index (κ3) is 3.41.